The van der Waals surface area contributed by atoms with Crippen molar-refractivity contribution in [1.82, 2.24) is 15.0 Å². The van der Waals surface area contributed by atoms with E-state index in [1.54, 1.807) is 12.1 Å². The molecule has 0 bridgehead atoms. The summed E-state index contributed by atoms with van der Waals surface area (Å²) < 4.78 is 50.3. The molecule has 3 aromatic rings. The van der Waals surface area contributed by atoms with Crippen molar-refractivity contribution in [2.45, 2.75) is 6.18 Å². The van der Waals surface area contributed by atoms with Crippen LogP contribution in [0.5, 0.6) is 0 Å². The molecule has 0 unspecified atom stereocenters. The number of nitrogens with one attached hydrogen (secondary N) is 1. The minimum absolute atomic E-state index is 0.119. The maximum absolute atomic E-state index is 13.0. The molecule has 0 atom stereocenters. The van der Waals surface area contributed by atoms with Gasteiger partial charge in [-0.05, 0) is 48.0 Å². The topological polar surface area (TPSA) is 50.7 Å². The zero-order valence-corrected chi connectivity index (χ0v) is 12.7. The molecule has 0 saturated carbocycles. The molecule has 3 rings (SSSR count). The number of pyridine rings is 1. The smallest absolute Gasteiger partial charge is 0.359 e. The highest BCUT2D eigenvalue weighted by Gasteiger charge is 2.27. The van der Waals surface area contributed by atoms with Crippen LogP contribution < -0.4 is 5.32 Å². The van der Waals surface area contributed by atoms with Crippen molar-refractivity contribution in [3.05, 3.63) is 47.5 Å². The predicted molar refractivity (Wildman–Crippen MR) is 82.3 cm³/mol. The summed E-state index contributed by atoms with van der Waals surface area (Å²) in [6.45, 7) is -1.28. The number of nitrogens with zero attached hydrogens (tertiary/aromatic N) is 3. The zero-order chi connectivity index (χ0) is 17.3. The van der Waals surface area contributed by atoms with Gasteiger partial charge in [0.1, 0.15) is 17.9 Å². The molecule has 0 amide bonds. The Kier molecular flexibility index (Phi) is 4.23. The first-order chi connectivity index (χ1) is 11.3. The quantitative estimate of drug-likeness (QED) is 0.556. The number of rotatable bonds is 3. The molecule has 0 radical (unpaired) electrons. The largest absolute Gasteiger partial charge is 0.405 e. The van der Waals surface area contributed by atoms with Crippen molar-refractivity contribution in [3.8, 4) is 11.3 Å². The van der Waals surface area contributed by atoms with Crippen molar-refractivity contribution < 1.29 is 17.6 Å². The summed E-state index contributed by atoms with van der Waals surface area (Å²) in [5.74, 6) is -0.520. The highest BCUT2D eigenvalue weighted by molar-refractivity contribution is 6.28. The third-order valence-corrected chi connectivity index (χ3v) is 3.28. The van der Waals surface area contributed by atoms with Gasteiger partial charge < -0.3 is 5.32 Å². The van der Waals surface area contributed by atoms with Gasteiger partial charge in [0.05, 0.1) is 11.2 Å². The van der Waals surface area contributed by atoms with Crippen molar-refractivity contribution in [3.63, 3.8) is 0 Å². The number of benzene rings is 1. The van der Waals surface area contributed by atoms with E-state index < -0.39 is 18.5 Å². The molecule has 0 fully saturated rings. The predicted octanol–water partition coefficient (Wildman–Crippen LogP) is 4.46. The number of hydrogen-bond acceptors (Lipinski definition) is 4. The van der Waals surface area contributed by atoms with Crippen molar-refractivity contribution in [1.29, 1.82) is 0 Å². The molecular formula is C15H9ClF4N4. The number of aromatic nitrogens is 3. The van der Waals surface area contributed by atoms with Crippen molar-refractivity contribution in [2.75, 3.05) is 11.9 Å². The number of halogens is 5. The van der Waals surface area contributed by atoms with Crippen molar-refractivity contribution >= 4 is 28.5 Å². The summed E-state index contributed by atoms with van der Waals surface area (Å²) in [6.07, 6.45) is -4.42. The first-order valence-corrected chi connectivity index (χ1v) is 7.10. The highest BCUT2D eigenvalue weighted by Crippen LogP contribution is 2.26. The van der Waals surface area contributed by atoms with Gasteiger partial charge in [0.25, 0.3) is 0 Å². The van der Waals surface area contributed by atoms with Crippen LogP contribution in [0.4, 0.5) is 23.4 Å². The van der Waals surface area contributed by atoms with E-state index in [4.69, 9.17) is 11.6 Å². The van der Waals surface area contributed by atoms with Crippen LogP contribution in [0, 0.1) is 5.82 Å². The summed E-state index contributed by atoms with van der Waals surface area (Å²) in [4.78, 5) is 12.0. The molecule has 0 aliphatic rings. The lowest BCUT2D eigenvalue weighted by atomic mass is 10.1. The lowest BCUT2D eigenvalue weighted by molar-refractivity contribution is -0.115. The van der Waals surface area contributed by atoms with E-state index in [1.165, 1.54) is 24.3 Å². The van der Waals surface area contributed by atoms with E-state index in [2.05, 4.69) is 20.3 Å². The number of alkyl halides is 3. The number of fused-ring (bicyclic) bond motifs is 1. The van der Waals surface area contributed by atoms with Gasteiger partial charge in [-0.3, -0.25) is 0 Å². The Morgan fingerprint density at radius 3 is 2.33 bits per heavy atom. The standard InChI is InChI=1S/C15H9ClF4N4/c16-14-23-11-6-5-10(8-1-3-9(17)4-2-8)22-12(11)13(24-14)21-7-15(18,19)20/h1-6H,7H2,(H,21,23,24). The van der Waals surface area contributed by atoms with Gasteiger partial charge in [-0.15, -0.1) is 0 Å². The summed E-state index contributed by atoms with van der Waals surface area (Å²) in [5.41, 5.74) is 1.49. The molecule has 24 heavy (non-hydrogen) atoms. The van der Waals surface area contributed by atoms with E-state index in [0.29, 0.717) is 16.8 Å². The molecule has 2 aromatic heterocycles. The van der Waals surface area contributed by atoms with Gasteiger partial charge in [0, 0.05) is 5.56 Å². The summed E-state index contributed by atoms with van der Waals surface area (Å²) in [7, 11) is 0. The lowest BCUT2D eigenvalue weighted by Crippen LogP contribution is -2.22. The molecule has 1 aromatic carbocycles. The second-order valence-corrected chi connectivity index (χ2v) is 5.22. The first-order valence-electron chi connectivity index (χ1n) is 6.73. The Balaban J connectivity index is 2.06. The van der Waals surface area contributed by atoms with Crippen LogP contribution >= 0.6 is 11.6 Å². The average Bonchev–Trinajstić information content (AvgIpc) is 2.52. The van der Waals surface area contributed by atoms with Crippen LogP contribution in [0.3, 0.4) is 0 Å². The second-order valence-electron chi connectivity index (χ2n) is 4.88. The van der Waals surface area contributed by atoms with Gasteiger partial charge in [0.15, 0.2) is 5.82 Å². The Morgan fingerprint density at radius 1 is 0.958 bits per heavy atom. The fraction of sp³-hybridized carbons (Fsp3) is 0.133. The third kappa shape index (κ3) is 3.70. The minimum Gasteiger partial charge on any atom is -0.359 e. The highest BCUT2D eigenvalue weighted by atomic mass is 35.5. The Morgan fingerprint density at radius 2 is 1.67 bits per heavy atom. The van der Waals surface area contributed by atoms with E-state index in [0.717, 1.165) is 0 Å². The molecule has 0 aliphatic heterocycles. The van der Waals surface area contributed by atoms with Crippen LogP contribution in [-0.4, -0.2) is 27.7 Å². The van der Waals surface area contributed by atoms with Crippen LogP contribution in [0.2, 0.25) is 5.28 Å². The molecule has 9 heteroatoms. The van der Waals surface area contributed by atoms with E-state index >= 15 is 0 Å². The van der Waals surface area contributed by atoms with Gasteiger partial charge in [-0.1, -0.05) is 0 Å². The molecule has 0 spiro atoms. The fourth-order valence-electron chi connectivity index (χ4n) is 2.07. The molecule has 1 N–H and O–H groups in total. The Labute approximate surface area is 138 Å². The summed E-state index contributed by atoms with van der Waals surface area (Å²) in [5, 5.41) is 1.98. The lowest BCUT2D eigenvalue weighted by Gasteiger charge is -2.11. The summed E-state index contributed by atoms with van der Waals surface area (Å²) in [6, 6.07) is 8.75. The minimum atomic E-state index is -4.42. The van der Waals surface area contributed by atoms with Gasteiger partial charge in [-0.25, -0.2) is 14.4 Å². The van der Waals surface area contributed by atoms with Gasteiger partial charge >= 0.3 is 6.18 Å². The first kappa shape index (κ1) is 16.4. The van der Waals surface area contributed by atoms with Crippen LogP contribution in [-0.2, 0) is 0 Å². The molecular weight excluding hydrogens is 348 g/mol. The zero-order valence-electron chi connectivity index (χ0n) is 11.9. The SMILES string of the molecule is Fc1ccc(-c2ccc3nc(Cl)nc(NCC(F)(F)F)c3n2)cc1. The van der Waals surface area contributed by atoms with E-state index in [1.807, 2.05) is 0 Å². The number of anilines is 1. The average molecular weight is 357 g/mol. The van der Waals surface area contributed by atoms with Gasteiger partial charge in [0.2, 0.25) is 5.28 Å². The van der Waals surface area contributed by atoms with E-state index in [9.17, 15) is 17.6 Å². The van der Waals surface area contributed by atoms with Crippen molar-refractivity contribution in [2.24, 2.45) is 0 Å². The molecule has 124 valence electrons. The fourth-order valence-corrected chi connectivity index (χ4v) is 2.25. The van der Waals surface area contributed by atoms with Crippen LogP contribution in [0.15, 0.2) is 36.4 Å². The maximum atomic E-state index is 13.0. The second kappa shape index (κ2) is 6.20. The number of hydrogen-bond donors (Lipinski definition) is 1. The Bertz CT molecular complexity index is 881. The molecule has 4 nitrogen and oxygen atoms in total. The van der Waals surface area contributed by atoms with Crippen LogP contribution in [0.25, 0.3) is 22.3 Å². The monoisotopic (exact) mass is 356 g/mol. The Hall–Kier alpha value is -2.48. The molecule has 0 saturated heterocycles. The maximum Gasteiger partial charge on any atom is 0.405 e. The van der Waals surface area contributed by atoms with Crippen LogP contribution in [0.1, 0.15) is 0 Å². The summed E-state index contributed by atoms with van der Waals surface area (Å²) >= 11 is 5.74. The normalized spacial score (nSPS) is 11.7. The third-order valence-electron chi connectivity index (χ3n) is 3.11. The van der Waals surface area contributed by atoms with Gasteiger partial charge in [-0.2, -0.15) is 18.2 Å². The molecule has 0 aliphatic carbocycles. The van der Waals surface area contributed by atoms with E-state index in [-0.39, 0.29) is 16.6 Å². The molecule has 2 heterocycles.